The first-order valence-electron chi connectivity index (χ1n) is 9.26. The molecule has 3 aromatic rings. The Balaban J connectivity index is 1.33. The van der Waals surface area contributed by atoms with Crippen molar-refractivity contribution < 1.29 is 18.5 Å². The van der Waals surface area contributed by atoms with E-state index in [0.717, 1.165) is 5.56 Å². The molecule has 3 rings (SSSR count). The molecule has 1 aromatic heterocycles. The van der Waals surface area contributed by atoms with Crippen molar-refractivity contribution in [3.8, 4) is 11.4 Å². The third-order valence-electron chi connectivity index (χ3n) is 4.14. The van der Waals surface area contributed by atoms with E-state index in [1.54, 1.807) is 12.1 Å². The smallest absolute Gasteiger partial charge is 0.239 e. The summed E-state index contributed by atoms with van der Waals surface area (Å²) in [6, 6.07) is 15.3. The largest absolute Gasteiger partial charge is 0.350 e. The lowest BCUT2D eigenvalue weighted by Gasteiger charge is -2.06. The number of nitrogens with one attached hydrogen (secondary N) is 2. The SMILES string of the molecule is O=C(CCCc1nc(-c2ccc(F)cc2)no1)NCC(=O)NCc1ccccc1. The molecule has 2 aromatic carbocycles. The van der Waals surface area contributed by atoms with Crippen LogP contribution in [0.2, 0.25) is 0 Å². The van der Waals surface area contributed by atoms with Crippen LogP contribution in [0.5, 0.6) is 0 Å². The Kier molecular flexibility index (Phi) is 7.05. The maximum Gasteiger partial charge on any atom is 0.239 e. The van der Waals surface area contributed by atoms with Crippen molar-refractivity contribution in [2.45, 2.75) is 25.8 Å². The van der Waals surface area contributed by atoms with Gasteiger partial charge in [0.25, 0.3) is 0 Å². The fourth-order valence-corrected chi connectivity index (χ4v) is 2.60. The Bertz CT molecular complexity index is 942. The lowest BCUT2D eigenvalue weighted by molar-refractivity contribution is -0.126. The van der Waals surface area contributed by atoms with E-state index in [9.17, 15) is 14.0 Å². The van der Waals surface area contributed by atoms with E-state index in [0.29, 0.717) is 36.7 Å². The lowest BCUT2D eigenvalue weighted by atomic mass is 10.2. The summed E-state index contributed by atoms with van der Waals surface area (Å²) in [5, 5.41) is 9.19. The van der Waals surface area contributed by atoms with Gasteiger partial charge < -0.3 is 15.2 Å². The fourth-order valence-electron chi connectivity index (χ4n) is 2.60. The van der Waals surface area contributed by atoms with Gasteiger partial charge in [0, 0.05) is 24.9 Å². The van der Waals surface area contributed by atoms with E-state index in [1.165, 1.54) is 12.1 Å². The molecule has 0 radical (unpaired) electrons. The highest BCUT2D eigenvalue weighted by atomic mass is 19.1. The zero-order chi connectivity index (χ0) is 20.5. The van der Waals surface area contributed by atoms with Gasteiger partial charge in [-0.15, -0.1) is 0 Å². The first-order valence-corrected chi connectivity index (χ1v) is 9.26. The van der Waals surface area contributed by atoms with Crippen LogP contribution < -0.4 is 10.6 Å². The van der Waals surface area contributed by atoms with Gasteiger partial charge in [0.05, 0.1) is 6.54 Å². The standard InChI is InChI=1S/C21H21FN4O3/c22-17-11-9-16(10-12-17)21-25-20(29-26-21)8-4-7-18(27)24-14-19(28)23-13-15-5-2-1-3-6-15/h1-3,5-6,9-12H,4,7-8,13-14H2,(H,23,28)(H,24,27). The monoisotopic (exact) mass is 396 g/mol. The van der Waals surface area contributed by atoms with Gasteiger partial charge in [-0.2, -0.15) is 4.98 Å². The molecule has 0 aliphatic carbocycles. The second-order valence-corrected chi connectivity index (χ2v) is 6.41. The third kappa shape index (κ3) is 6.53. The lowest BCUT2D eigenvalue weighted by Crippen LogP contribution is -2.36. The number of hydrogen-bond acceptors (Lipinski definition) is 5. The van der Waals surface area contributed by atoms with Crippen molar-refractivity contribution in [2.75, 3.05) is 6.54 Å². The quantitative estimate of drug-likeness (QED) is 0.580. The van der Waals surface area contributed by atoms with Gasteiger partial charge in [0.15, 0.2) is 0 Å². The minimum absolute atomic E-state index is 0.0685. The molecule has 7 nitrogen and oxygen atoms in total. The summed E-state index contributed by atoms with van der Waals surface area (Å²) >= 11 is 0. The van der Waals surface area contributed by atoms with Crippen LogP contribution in [0.15, 0.2) is 59.1 Å². The maximum atomic E-state index is 13.0. The van der Waals surface area contributed by atoms with E-state index >= 15 is 0 Å². The van der Waals surface area contributed by atoms with Gasteiger partial charge in [0.1, 0.15) is 5.82 Å². The number of aromatic nitrogens is 2. The highest BCUT2D eigenvalue weighted by molar-refractivity contribution is 5.84. The summed E-state index contributed by atoms with van der Waals surface area (Å²) in [5.74, 6) is -0.0318. The molecule has 2 amide bonds. The normalized spacial score (nSPS) is 10.5. The van der Waals surface area contributed by atoms with Crippen molar-refractivity contribution in [3.63, 3.8) is 0 Å². The maximum absolute atomic E-state index is 13.0. The topological polar surface area (TPSA) is 97.1 Å². The molecule has 0 fully saturated rings. The Labute approximate surface area is 167 Å². The van der Waals surface area contributed by atoms with E-state index in [-0.39, 0.29) is 30.6 Å². The number of carbonyl (C=O) groups excluding carboxylic acids is 2. The van der Waals surface area contributed by atoms with Crippen LogP contribution in [0, 0.1) is 5.82 Å². The predicted molar refractivity (Wildman–Crippen MR) is 104 cm³/mol. The summed E-state index contributed by atoms with van der Waals surface area (Å²) in [6.45, 7) is 0.351. The minimum atomic E-state index is -0.336. The van der Waals surface area contributed by atoms with E-state index in [4.69, 9.17) is 4.52 Å². The Morgan fingerprint density at radius 3 is 2.48 bits per heavy atom. The van der Waals surface area contributed by atoms with Crippen molar-refractivity contribution in [2.24, 2.45) is 0 Å². The second kappa shape index (κ2) is 10.1. The minimum Gasteiger partial charge on any atom is -0.350 e. The van der Waals surface area contributed by atoms with Crippen molar-refractivity contribution in [1.82, 2.24) is 20.8 Å². The van der Waals surface area contributed by atoms with E-state index in [2.05, 4.69) is 20.8 Å². The predicted octanol–water partition coefficient (Wildman–Crippen LogP) is 2.63. The van der Waals surface area contributed by atoms with Crippen LogP contribution in [-0.4, -0.2) is 28.5 Å². The van der Waals surface area contributed by atoms with Crippen molar-refractivity contribution in [3.05, 3.63) is 71.9 Å². The number of amides is 2. The van der Waals surface area contributed by atoms with Crippen molar-refractivity contribution >= 4 is 11.8 Å². The summed E-state index contributed by atoms with van der Waals surface area (Å²) in [4.78, 5) is 27.9. The molecular formula is C21H21FN4O3. The molecule has 0 bridgehead atoms. The number of hydrogen-bond donors (Lipinski definition) is 2. The molecule has 0 aliphatic heterocycles. The number of halogens is 1. The summed E-state index contributed by atoms with van der Waals surface area (Å²) in [7, 11) is 0. The van der Waals surface area contributed by atoms with Gasteiger partial charge in [-0.05, 0) is 36.2 Å². The van der Waals surface area contributed by atoms with Crippen LogP contribution in [0.1, 0.15) is 24.3 Å². The molecule has 0 saturated heterocycles. The van der Waals surface area contributed by atoms with Crippen LogP contribution in [0.4, 0.5) is 4.39 Å². The molecule has 0 spiro atoms. The molecule has 8 heteroatoms. The Morgan fingerprint density at radius 2 is 1.72 bits per heavy atom. The number of nitrogens with zero attached hydrogens (tertiary/aromatic N) is 2. The fraction of sp³-hybridized carbons (Fsp3) is 0.238. The molecule has 150 valence electrons. The second-order valence-electron chi connectivity index (χ2n) is 6.41. The Morgan fingerprint density at radius 1 is 0.966 bits per heavy atom. The van der Waals surface area contributed by atoms with E-state index < -0.39 is 0 Å². The van der Waals surface area contributed by atoms with Gasteiger partial charge in [-0.3, -0.25) is 9.59 Å². The number of carbonyl (C=O) groups is 2. The average Bonchev–Trinajstić information content (AvgIpc) is 3.21. The Hall–Kier alpha value is -3.55. The molecule has 0 aliphatic rings. The first-order chi connectivity index (χ1) is 14.1. The summed E-state index contributed by atoms with van der Waals surface area (Å²) in [5.41, 5.74) is 1.65. The van der Waals surface area contributed by atoms with Crippen LogP contribution in [-0.2, 0) is 22.6 Å². The number of aryl methyl sites for hydroxylation is 1. The molecule has 0 saturated carbocycles. The van der Waals surface area contributed by atoms with Crippen LogP contribution in [0.3, 0.4) is 0 Å². The summed E-state index contributed by atoms with van der Waals surface area (Å²) in [6.07, 6.45) is 1.17. The molecule has 29 heavy (non-hydrogen) atoms. The third-order valence-corrected chi connectivity index (χ3v) is 4.14. The highest BCUT2D eigenvalue weighted by Gasteiger charge is 2.10. The highest BCUT2D eigenvalue weighted by Crippen LogP contribution is 2.16. The molecule has 0 atom stereocenters. The summed E-state index contributed by atoms with van der Waals surface area (Å²) < 4.78 is 18.1. The van der Waals surface area contributed by atoms with Gasteiger partial charge in [-0.25, -0.2) is 4.39 Å². The van der Waals surface area contributed by atoms with Gasteiger partial charge in [0.2, 0.25) is 23.5 Å². The zero-order valence-electron chi connectivity index (χ0n) is 15.7. The molecular weight excluding hydrogens is 375 g/mol. The number of benzene rings is 2. The van der Waals surface area contributed by atoms with Gasteiger partial charge >= 0.3 is 0 Å². The molecule has 2 N–H and O–H groups in total. The average molecular weight is 396 g/mol. The first kappa shape index (κ1) is 20.2. The zero-order valence-corrected chi connectivity index (χ0v) is 15.7. The van der Waals surface area contributed by atoms with Crippen molar-refractivity contribution in [1.29, 1.82) is 0 Å². The number of rotatable bonds is 9. The van der Waals surface area contributed by atoms with Crippen LogP contribution >= 0.6 is 0 Å². The van der Waals surface area contributed by atoms with E-state index in [1.807, 2.05) is 30.3 Å². The van der Waals surface area contributed by atoms with Crippen LogP contribution in [0.25, 0.3) is 11.4 Å². The molecule has 1 heterocycles. The van der Waals surface area contributed by atoms with Gasteiger partial charge in [-0.1, -0.05) is 35.5 Å². The molecule has 0 unspecified atom stereocenters.